The number of aliphatic hydroxyl groups is 5. The number of hydrogen-bond acceptors (Lipinski definition) is 10. The van der Waals surface area contributed by atoms with Crippen molar-refractivity contribution in [3.63, 3.8) is 0 Å². The molecule has 7 atom stereocenters. The van der Waals surface area contributed by atoms with E-state index >= 15 is 0 Å². The number of nitrogens with one attached hydrogen (secondary N) is 1. The van der Waals surface area contributed by atoms with E-state index in [1.807, 2.05) is 6.08 Å². The molecule has 1 amide bonds. The number of rotatable bonds is 52. The zero-order valence-corrected chi connectivity index (χ0v) is 45.5. The standard InChI is InChI=1S/C59H113NO10/c1-3-5-7-9-11-13-14-23-27-31-35-39-43-47-55(64)68-48-44-40-36-32-28-25-22-20-18-16-15-17-19-21-24-26-30-34-38-42-46-54(63)60-51(52(62)45-41-37-33-29-12-10-8-6-4-2)50-69-59-58(67)57(66)56(65)53(49-61)70-59/h41,45,51-53,56-59,61-62,65-67H,3-40,42-44,46-50H2,1-2H3,(H,60,63)/b45-41+. The predicted octanol–water partition coefficient (Wildman–Crippen LogP) is 13.6. The van der Waals surface area contributed by atoms with Crippen molar-refractivity contribution in [2.75, 3.05) is 19.8 Å². The molecule has 0 bridgehead atoms. The minimum absolute atomic E-state index is 0.00154. The summed E-state index contributed by atoms with van der Waals surface area (Å²) < 4.78 is 16.7. The summed E-state index contributed by atoms with van der Waals surface area (Å²) in [6, 6.07) is -0.809. The number of amides is 1. The molecule has 0 aliphatic carbocycles. The van der Waals surface area contributed by atoms with Crippen LogP contribution in [0.2, 0.25) is 0 Å². The van der Waals surface area contributed by atoms with Crippen molar-refractivity contribution in [3.8, 4) is 0 Å². The Morgan fingerprint density at radius 3 is 1.33 bits per heavy atom. The van der Waals surface area contributed by atoms with Crippen LogP contribution in [0.25, 0.3) is 0 Å². The Labute approximate surface area is 429 Å². The van der Waals surface area contributed by atoms with Gasteiger partial charge in [0.15, 0.2) is 6.29 Å². The quantitative estimate of drug-likeness (QED) is 0.0195. The summed E-state index contributed by atoms with van der Waals surface area (Å²) in [5, 5.41) is 54.2. The van der Waals surface area contributed by atoms with Crippen LogP contribution in [0.3, 0.4) is 0 Å². The van der Waals surface area contributed by atoms with E-state index in [4.69, 9.17) is 14.2 Å². The van der Waals surface area contributed by atoms with Crippen LogP contribution in [-0.4, -0.2) is 100 Å². The van der Waals surface area contributed by atoms with Gasteiger partial charge in [-0.3, -0.25) is 9.59 Å². The van der Waals surface area contributed by atoms with Crippen LogP contribution in [0.1, 0.15) is 290 Å². The van der Waals surface area contributed by atoms with Gasteiger partial charge >= 0.3 is 5.97 Å². The van der Waals surface area contributed by atoms with E-state index in [9.17, 15) is 35.1 Å². The Hall–Kier alpha value is -1.60. The molecule has 0 aromatic heterocycles. The number of ether oxygens (including phenoxy) is 3. The van der Waals surface area contributed by atoms with Crippen LogP contribution in [0.15, 0.2) is 12.2 Å². The molecular formula is C59H113NO10. The lowest BCUT2D eigenvalue weighted by Crippen LogP contribution is -2.60. The zero-order valence-electron chi connectivity index (χ0n) is 45.5. The van der Waals surface area contributed by atoms with E-state index < -0.39 is 49.5 Å². The van der Waals surface area contributed by atoms with Gasteiger partial charge in [-0.2, -0.15) is 0 Å². The van der Waals surface area contributed by atoms with Crippen LogP contribution in [0, 0.1) is 0 Å². The van der Waals surface area contributed by atoms with Gasteiger partial charge in [0, 0.05) is 12.8 Å². The number of unbranched alkanes of at least 4 members (excludes halogenated alkanes) is 38. The molecule has 7 unspecified atom stereocenters. The second-order valence-corrected chi connectivity index (χ2v) is 21.1. The fourth-order valence-electron chi connectivity index (χ4n) is 9.61. The minimum atomic E-state index is -1.57. The molecule has 1 aliphatic rings. The lowest BCUT2D eigenvalue weighted by Gasteiger charge is -2.40. The van der Waals surface area contributed by atoms with Crippen LogP contribution in [-0.2, 0) is 23.8 Å². The van der Waals surface area contributed by atoms with Crippen LogP contribution >= 0.6 is 0 Å². The number of carbonyl (C=O) groups excluding carboxylic acids is 2. The van der Waals surface area contributed by atoms with E-state index in [1.54, 1.807) is 6.08 Å². The normalized spacial score (nSPS) is 19.2. The molecular weight excluding hydrogens is 883 g/mol. The van der Waals surface area contributed by atoms with Crippen molar-refractivity contribution in [1.82, 2.24) is 5.32 Å². The first-order valence-corrected chi connectivity index (χ1v) is 30.0. The molecule has 11 heteroatoms. The molecule has 1 aliphatic heterocycles. The molecule has 11 nitrogen and oxygen atoms in total. The van der Waals surface area contributed by atoms with Gasteiger partial charge in [0.25, 0.3) is 0 Å². The number of allylic oxidation sites excluding steroid dienone is 1. The number of hydrogen-bond donors (Lipinski definition) is 6. The summed E-state index contributed by atoms with van der Waals surface area (Å²) in [6.45, 7) is 4.32. The lowest BCUT2D eigenvalue weighted by molar-refractivity contribution is -0.302. The second-order valence-electron chi connectivity index (χ2n) is 21.1. The van der Waals surface area contributed by atoms with Crippen LogP contribution < -0.4 is 5.32 Å². The Balaban J connectivity index is 2.00. The fraction of sp³-hybridized carbons (Fsp3) is 0.932. The molecule has 70 heavy (non-hydrogen) atoms. The summed E-state index contributed by atoms with van der Waals surface area (Å²) in [5.74, 6) is -0.186. The maximum absolute atomic E-state index is 13.0. The van der Waals surface area contributed by atoms with Crippen molar-refractivity contribution in [3.05, 3.63) is 12.2 Å². The largest absolute Gasteiger partial charge is 0.466 e. The van der Waals surface area contributed by atoms with E-state index in [2.05, 4.69) is 19.2 Å². The van der Waals surface area contributed by atoms with E-state index in [-0.39, 0.29) is 18.5 Å². The Morgan fingerprint density at radius 2 is 0.900 bits per heavy atom. The first kappa shape index (κ1) is 66.4. The molecule has 1 fully saturated rings. The summed E-state index contributed by atoms with van der Waals surface area (Å²) in [7, 11) is 0. The van der Waals surface area contributed by atoms with Gasteiger partial charge in [-0.15, -0.1) is 0 Å². The third kappa shape index (κ3) is 38.9. The molecule has 1 rings (SSSR count). The van der Waals surface area contributed by atoms with Gasteiger partial charge in [-0.25, -0.2) is 0 Å². The molecule has 0 radical (unpaired) electrons. The average Bonchev–Trinajstić information content (AvgIpc) is 3.36. The van der Waals surface area contributed by atoms with Gasteiger partial charge in [0.2, 0.25) is 5.91 Å². The average molecular weight is 997 g/mol. The third-order valence-electron chi connectivity index (χ3n) is 14.4. The van der Waals surface area contributed by atoms with Crippen molar-refractivity contribution >= 4 is 11.9 Å². The topological polar surface area (TPSA) is 175 Å². The number of esters is 1. The van der Waals surface area contributed by atoms with Gasteiger partial charge in [0.05, 0.1) is 32.0 Å². The molecule has 0 aromatic carbocycles. The van der Waals surface area contributed by atoms with Crippen LogP contribution in [0.4, 0.5) is 0 Å². The summed E-state index contributed by atoms with van der Waals surface area (Å²) in [5.41, 5.74) is 0. The van der Waals surface area contributed by atoms with Crippen molar-refractivity contribution in [2.45, 2.75) is 333 Å². The third-order valence-corrected chi connectivity index (χ3v) is 14.4. The Morgan fingerprint density at radius 1 is 0.514 bits per heavy atom. The van der Waals surface area contributed by atoms with Crippen molar-refractivity contribution in [2.24, 2.45) is 0 Å². The summed E-state index contributed by atoms with van der Waals surface area (Å²) >= 11 is 0. The molecule has 414 valence electrons. The highest BCUT2D eigenvalue weighted by Gasteiger charge is 2.44. The smallest absolute Gasteiger partial charge is 0.305 e. The maximum Gasteiger partial charge on any atom is 0.305 e. The molecule has 6 N–H and O–H groups in total. The summed E-state index contributed by atoms with van der Waals surface area (Å²) in [4.78, 5) is 25.0. The Bertz CT molecular complexity index is 1170. The monoisotopic (exact) mass is 996 g/mol. The highest BCUT2D eigenvalue weighted by molar-refractivity contribution is 5.76. The zero-order chi connectivity index (χ0) is 51.0. The maximum atomic E-state index is 13.0. The molecule has 1 saturated heterocycles. The number of aliphatic hydroxyl groups excluding tert-OH is 5. The molecule has 0 aromatic rings. The van der Waals surface area contributed by atoms with Crippen molar-refractivity contribution < 1.29 is 49.3 Å². The molecule has 0 saturated carbocycles. The van der Waals surface area contributed by atoms with E-state index in [1.165, 1.54) is 205 Å². The van der Waals surface area contributed by atoms with Gasteiger partial charge in [-0.05, 0) is 32.1 Å². The molecule has 0 spiro atoms. The number of carbonyl (C=O) groups is 2. The second kappa shape index (κ2) is 49.6. The van der Waals surface area contributed by atoms with Crippen molar-refractivity contribution in [1.29, 1.82) is 0 Å². The van der Waals surface area contributed by atoms with E-state index in [0.29, 0.717) is 19.4 Å². The Kier molecular flexibility index (Phi) is 47.1. The fourth-order valence-corrected chi connectivity index (χ4v) is 9.61. The van der Waals surface area contributed by atoms with Gasteiger partial charge in [-0.1, -0.05) is 257 Å². The van der Waals surface area contributed by atoms with Gasteiger partial charge < -0.3 is 45.1 Å². The minimum Gasteiger partial charge on any atom is -0.466 e. The highest BCUT2D eigenvalue weighted by Crippen LogP contribution is 2.23. The summed E-state index contributed by atoms with van der Waals surface area (Å²) in [6.07, 6.45) is 47.4. The van der Waals surface area contributed by atoms with E-state index in [0.717, 1.165) is 57.8 Å². The molecule has 1 heterocycles. The lowest BCUT2D eigenvalue weighted by atomic mass is 9.99. The first-order valence-electron chi connectivity index (χ1n) is 30.0. The SMILES string of the molecule is CCCCCCCCC/C=C/C(O)C(COC1OC(CO)C(O)C(O)C1O)NC(=O)CCCCCCCCCCCCCCCCCCCCCCOC(=O)CCCCCCCCCCCCCCC. The van der Waals surface area contributed by atoms with Gasteiger partial charge in [0.1, 0.15) is 24.4 Å². The predicted molar refractivity (Wildman–Crippen MR) is 288 cm³/mol. The first-order chi connectivity index (χ1) is 34.2. The highest BCUT2D eigenvalue weighted by atomic mass is 16.7. The van der Waals surface area contributed by atoms with Crippen LogP contribution in [0.5, 0.6) is 0 Å².